The van der Waals surface area contributed by atoms with Crippen molar-refractivity contribution in [3.63, 3.8) is 0 Å². The highest BCUT2D eigenvalue weighted by molar-refractivity contribution is 4.73. The molecule has 2 N–H and O–H groups in total. The van der Waals surface area contributed by atoms with Gasteiger partial charge >= 0.3 is 0 Å². The second kappa shape index (κ2) is 8.90. The van der Waals surface area contributed by atoms with Gasteiger partial charge in [-0.05, 0) is 45.2 Å². The van der Waals surface area contributed by atoms with Crippen LogP contribution in [0.2, 0.25) is 0 Å². The van der Waals surface area contributed by atoms with Gasteiger partial charge in [0.05, 0.1) is 6.10 Å². The summed E-state index contributed by atoms with van der Waals surface area (Å²) >= 11 is 0. The van der Waals surface area contributed by atoms with Crippen LogP contribution in [0, 0.1) is 5.92 Å². The van der Waals surface area contributed by atoms with Crippen LogP contribution < -0.4 is 5.73 Å². The molecular weight excluding hydrogens is 212 g/mol. The minimum atomic E-state index is 0.225. The molecule has 3 heteroatoms. The molecule has 1 saturated heterocycles. The molecule has 0 aromatic heterocycles. The maximum absolute atomic E-state index is 5.74. The van der Waals surface area contributed by atoms with E-state index in [0.717, 1.165) is 19.1 Å². The molecule has 1 heterocycles. The van der Waals surface area contributed by atoms with E-state index in [-0.39, 0.29) is 6.10 Å². The fourth-order valence-electron chi connectivity index (χ4n) is 2.82. The first-order valence-corrected chi connectivity index (χ1v) is 7.34. The number of hydrogen-bond donors (Lipinski definition) is 1. The molecule has 0 radical (unpaired) electrons. The van der Waals surface area contributed by atoms with Crippen LogP contribution in [-0.4, -0.2) is 43.8 Å². The van der Waals surface area contributed by atoms with Crippen molar-refractivity contribution in [2.75, 3.05) is 32.8 Å². The summed E-state index contributed by atoms with van der Waals surface area (Å²) in [4.78, 5) is 2.54. The zero-order valence-electron chi connectivity index (χ0n) is 11.7. The predicted molar refractivity (Wildman–Crippen MR) is 73.2 cm³/mol. The number of nitrogens with zero attached hydrogens (tertiary/aromatic N) is 1. The van der Waals surface area contributed by atoms with E-state index in [1.807, 2.05) is 6.92 Å². The molecule has 1 fully saturated rings. The number of rotatable bonds is 7. The third-order valence-electron chi connectivity index (χ3n) is 3.76. The van der Waals surface area contributed by atoms with Gasteiger partial charge in [-0.15, -0.1) is 0 Å². The molecule has 102 valence electrons. The highest BCUT2D eigenvalue weighted by Crippen LogP contribution is 2.21. The largest absolute Gasteiger partial charge is 0.376 e. The molecule has 0 bridgehead atoms. The van der Waals surface area contributed by atoms with E-state index < -0.39 is 0 Å². The lowest BCUT2D eigenvalue weighted by atomic mass is 9.96. The Morgan fingerprint density at radius 3 is 2.76 bits per heavy atom. The Balaban J connectivity index is 2.29. The van der Waals surface area contributed by atoms with Crippen molar-refractivity contribution in [2.24, 2.45) is 11.7 Å². The molecule has 0 saturated carbocycles. The van der Waals surface area contributed by atoms with Crippen molar-refractivity contribution in [1.82, 2.24) is 4.90 Å². The maximum Gasteiger partial charge on any atom is 0.0823 e. The lowest BCUT2D eigenvalue weighted by Crippen LogP contribution is -2.38. The molecule has 1 aliphatic heterocycles. The van der Waals surface area contributed by atoms with Crippen molar-refractivity contribution in [2.45, 2.75) is 52.1 Å². The highest BCUT2D eigenvalue weighted by Gasteiger charge is 2.18. The minimum absolute atomic E-state index is 0.225. The van der Waals surface area contributed by atoms with Crippen LogP contribution in [-0.2, 0) is 4.74 Å². The van der Waals surface area contributed by atoms with Gasteiger partial charge in [0, 0.05) is 19.7 Å². The first-order chi connectivity index (χ1) is 8.30. The first-order valence-electron chi connectivity index (χ1n) is 7.34. The zero-order valence-corrected chi connectivity index (χ0v) is 11.7. The Morgan fingerprint density at radius 2 is 2.12 bits per heavy atom. The quantitative estimate of drug-likeness (QED) is 0.744. The minimum Gasteiger partial charge on any atom is -0.376 e. The van der Waals surface area contributed by atoms with E-state index >= 15 is 0 Å². The number of nitrogens with two attached hydrogens (primary N) is 1. The molecule has 1 aliphatic rings. The molecule has 0 spiro atoms. The van der Waals surface area contributed by atoms with Gasteiger partial charge in [0.25, 0.3) is 0 Å². The van der Waals surface area contributed by atoms with E-state index in [1.165, 1.54) is 45.2 Å². The van der Waals surface area contributed by atoms with Gasteiger partial charge in [0.1, 0.15) is 0 Å². The predicted octanol–water partition coefficient (Wildman–Crippen LogP) is 2.25. The highest BCUT2D eigenvalue weighted by atomic mass is 16.5. The SMILES string of the molecule is CCCC1CCCN(CC(CN)OCC)CC1. The second-order valence-electron chi connectivity index (χ2n) is 5.20. The average molecular weight is 242 g/mol. The Bertz CT molecular complexity index is 187. The monoisotopic (exact) mass is 242 g/mol. The summed E-state index contributed by atoms with van der Waals surface area (Å²) in [6, 6.07) is 0. The summed E-state index contributed by atoms with van der Waals surface area (Å²) in [5, 5.41) is 0. The summed E-state index contributed by atoms with van der Waals surface area (Å²) in [5.41, 5.74) is 5.74. The number of ether oxygens (including phenoxy) is 1. The lowest BCUT2D eigenvalue weighted by molar-refractivity contribution is 0.0398. The molecule has 17 heavy (non-hydrogen) atoms. The second-order valence-corrected chi connectivity index (χ2v) is 5.20. The molecular formula is C14H30N2O. The Labute approximate surface area is 107 Å². The summed E-state index contributed by atoms with van der Waals surface area (Å²) in [6.45, 7) is 9.22. The summed E-state index contributed by atoms with van der Waals surface area (Å²) in [7, 11) is 0. The molecule has 2 atom stereocenters. The fourth-order valence-corrected chi connectivity index (χ4v) is 2.82. The summed E-state index contributed by atoms with van der Waals surface area (Å²) < 4.78 is 5.64. The van der Waals surface area contributed by atoms with Gasteiger partial charge in [-0.3, -0.25) is 0 Å². The lowest BCUT2D eigenvalue weighted by Gasteiger charge is -2.25. The third kappa shape index (κ3) is 5.84. The van der Waals surface area contributed by atoms with E-state index in [1.54, 1.807) is 0 Å². The van der Waals surface area contributed by atoms with Crippen LogP contribution >= 0.6 is 0 Å². The molecule has 3 nitrogen and oxygen atoms in total. The average Bonchev–Trinajstić information content (AvgIpc) is 2.55. The Hall–Kier alpha value is -0.120. The number of likely N-dealkylation sites (tertiary alicyclic amines) is 1. The standard InChI is InChI=1S/C14H30N2O/c1-3-6-13-7-5-9-16(10-8-13)12-14(11-15)17-4-2/h13-14H,3-12,15H2,1-2H3. The van der Waals surface area contributed by atoms with Gasteiger partial charge in [-0.2, -0.15) is 0 Å². The number of hydrogen-bond acceptors (Lipinski definition) is 3. The van der Waals surface area contributed by atoms with E-state index in [4.69, 9.17) is 10.5 Å². The third-order valence-corrected chi connectivity index (χ3v) is 3.76. The zero-order chi connectivity index (χ0) is 12.5. The maximum atomic E-state index is 5.74. The molecule has 1 rings (SSSR count). The van der Waals surface area contributed by atoms with Gasteiger partial charge in [0.15, 0.2) is 0 Å². The van der Waals surface area contributed by atoms with Gasteiger partial charge in [0.2, 0.25) is 0 Å². The van der Waals surface area contributed by atoms with Crippen molar-refractivity contribution < 1.29 is 4.74 Å². The smallest absolute Gasteiger partial charge is 0.0823 e. The Morgan fingerprint density at radius 1 is 1.29 bits per heavy atom. The molecule has 0 amide bonds. The van der Waals surface area contributed by atoms with Crippen molar-refractivity contribution in [3.05, 3.63) is 0 Å². The summed E-state index contributed by atoms with van der Waals surface area (Å²) in [5.74, 6) is 0.952. The van der Waals surface area contributed by atoms with Gasteiger partial charge in [-0.25, -0.2) is 0 Å². The van der Waals surface area contributed by atoms with Gasteiger partial charge in [-0.1, -0.05) is 19.8 Å². The van der Waals surface area contributed by atoms with Crippen LogP contribution in [0.5, 0.6) is 0 Å². The summed E-state index contributed by atoms with van der Waals surface area (Å²) in [6.07, 6.45) is 7.06. The normalized spacial score (nSPS) is 24.5. The fraction of sp³-hybridized carbons (Fsp3) is 1.00. The van der Waals surface area contributed by atoms with E-state index in [0.29, 0.717) is 6.54 Å². The molecule has 2 unspecified atom stereocenters. The van der Waals surface area contributed by atoms with Crippen LogP contribution in [0.15, 0.2) is 0 Å². The molecule has 0 aliphatic carbocycles. The first kappa shape index (κ1) is 14.9. The molecule has 0 aromatic rings. The van der Waals surface area contributed by atoms with Crippen LogP contribution in [0.3, 0.4) is 0 Å². The van der Waals surface area contributed by atoms with E-state index in [2.05, 4.69) is 11.8 Å². The van der Waals surface area contributed by atoms with Crippen molar-refractivity contribution in [3.8, 4) is 0 Å². The topological polar surface area (TPSA) is 38.5 Å². The van der Waals surface area contributed by atoms with Crippen molar-refractivity contribution in [1.29, 1.82) is 0 Å². The Kier molecular flexibility index (Phi) is 7.82. The molecule has 0 aromatic carbocycles. The van der Waals surface area contributed by atoms with Crippen molar-refractivity contribution >= 4 is 0 Å². The van der Waals surface area contributed by atoms with E-state index in [9.17, 15) is 0 Å². The van der Waals surface area contributed by atoms with Crippen LogP contribution in [0.1, 0.15) is 46.0 Å². The van der Waals surface area contributed by atoms with Crippen LogP contribution in [0.4, 0.5) is 0 Å². The van der Waals surface area contributed by atoms with Gasteiger partial charge < -0.3 is 15.4 Å². The van der Waals surface area contributed by atoms with Crippen LogP contribution in [0.25, 0.3) is 0 Å².